The summed E-state index contributed by atoms with van der Waals surface area (Å²) in [6, 6.07) is 0. The van der Waals surface area contributed by atoms with E-state index in [0.29, 0.717) is 0 Å². The van der Waals surface area contributed by atoms with Crippen LogP contribution in [-0.2, 0) is 0 Å². The van der Waals surface area contributed by atoms with Gasteiger partial charge in [-0.1, -0.05) is 61.4 Å². The lowest BCUT2D eigenvalue weighted by Gasteiger charge is -2.07. The van der Waals surface area contributed by atoms with E-state index >= 15 is 0 Å². The van der Waals surface area contributed by atoms with E-state index in [9.17, 15) is 0 Å². The Hall–Kier alpha value is 0.910. The van der Waals surface area contributed by atoms with Gasteiger partial charge in [-0.2, -0.15) is 0 Å². The van der Waals surface area contributed by atoms with Crippen molar-refractivity contribution in [1.82, 2.24) is 0 Å². The molecule has 0 bridgehead atoms. The topological polar surface area (TPSA) is 0 Å². The molecule has 0 amide bonds. The number of halogens is 1. The standard InChI is InChI=1S/C10H22BrP/c1-3-5-6-7-8-10-12(11)9-4-2/h3-10H2,1-2H3. The molecule has 1 unspecified atom stereocenters. The van der Waals surface area contributed by atoms with Crippen molar-refractivity contribution >= 4 is 22.1 Å². The first-order valence-corrected chi connectivity index (χ1v) is 8.95. The van der Waals surface area contributed by atoms with Crippen molar-refractivity contribution in [2.24, 2.45) is 0 Å². The van der Waals surface area contributed by atoms with Gasteiger partial charge in [-0.25, -0.2) is 0 Å². The van der Waals surface area contributed by atoms with Gasteiger partial charge in [0.1, 0.15) is 0 Å². The Morgan fingerprint density at radius 2 is 1.50 bits per heavy atom. The van der Waals surface area contributed by atoms with Crippen molar-refractivity contribution in [2.75, 3.05) is 12.3 Å². The molecule has 0 spiro atoms. The average Bonchev–Trinajstić information content (AvgIpc) is 2.05. The molecular weight excluding hydrogens is 231 g/mol. The number of rotatable bonds is 8. The maximum atomic E-state index is 3.77. The molecule has 0 radical (unpaired) electrons. The summed E-state index contributed by atoms with van der Waals surface area (Å²) >= 11 is 3.77. The summed E-state index contributed by atoms with van der Waals surface area (Å²) in [6.07, 6.45) is 11.3. The lowest BCUT2D eigenvalue weighted by atomic mass is 10.2. The summed E-state index contributed by atoms with van der Waals surface area (Å²) in [5, 5.41) is 0. The van der Waals surface area contributed by atoms with E-state index in [1.807, 2.05) is 0 Å². The van der Waals surface area contributed by atoms with E-state index in [4.69, 9.17) is 0 Å². The predicted molar refractivity (Wildman–Crippen MR) is 64.6 cm³/mol. The molecule has 0 saturated carbocycles. The molecule has 0 fully saturated rings. The quantitative estimate of drug-likeness (QED) is 0.414. The number of hydrogen-bond acceptors (Lipinski definition) is 0. The Bertz CT molecular complexity index is 85.9. The summed E-state index contributed by atoms with van der Waals surface area (Å²) in [7, 11) is 0. The van der Waals surface area contributed by atoms with Gasteiger partial charge in [0, 0.05) is 0 Å². The lowest BCUT2D eigenvalue weighted by molar-refractivity contribution is 0.658. The molecule has 0 nitrogen and oxygen atoms in total. The lowest BCUT2D eigenvalue weighted by Crippen LogP contribution is -1.84. The predicted octanol–water partition coefficient (Wildman–Crippen LogP) is 5.16. The second kappa shape index (κ2) is 9.99. The van der Waals surface area contributed by atoms with Gasteiger partial charge in [-0.3, -0.25) is 0 Å². The zero-order chi connectivity index (χ0) is 9.23. The third-order valence-electron chi connectivity index (χ3n) is 1.97. The highest BCUT2D eigenvalue weighted by Gasteiger charge is 2.00. The highest BCUT2D eigenvalue weighted by molar-refractivity contribution is 9.39. The first kappa shape index (κ1) is 12.9. The number of hydrogen-bond donors (Lipinski definition) is 0. The zero-order valence-corrected chi connectivity index (χ0v) is 11.0. The van der Waals surface area contributed by atoms with Crippen LogP contribution in [-0.4, -0.2) is 12.3 Å². The van der Waals surface area contributed by atoms with Crippen molar-refractivity contribution < 1.29 is 0 Å². The van der Waals surface area contributed by atoms with Crippen LogP contribution in [0, 0.1) is 0 Å². The van der Waals surface area contributed by atoms with Crippen LogP contribution in [0.4, 0.5) is 0 Å². The Labute approximate surface area is 87.0 Å². The van der Waals surface area contributed by atoms with E-state index < -0.39 is 0 Å². The van der Waals surface area contributed by atoms with Gasteiger partial charge < -0.3 is 0 Å². The second-order valence-electron chi connectivity index (χ2n) is 3.32. The molecule has 1 atom stereocenters. The smallest absolute Gasteiger partial charge is 0.0227 e. The third-order valence-corrected chi connectivity index (χ3v) is 5.83. The van der Waals surface area contributed by atoms with Gasteiger partial charge in [0.05, 0.1) is 0 Å². The fraction of sp³-hybridized carbons (Fsp3) is 1.00. The molecule has 74 valence electrons. The molecule has 0 N–H and O–H groups in total. The Balaban J connectivity index is 2.97. The molecule has 0 heterocycles. The van der Waals surface area contributed by atoms with E-state index in [2.05, 4.69) is 29.3 Å². The minimum absolute atomic E-state index is 0.211. The maximum absolute atomic E-state index is 3.77. The van der Waals surface area contributed by atoms with E-state index in [-0.39, 0.29) is 6.62 Å². The van der Waals surface area contributed by atoms with Crippen LogP contribution in [0.1, 0.15) is 52.4 Å². The van der Waals surface area contributed by atoms with Gasteiger partial charge in [0.15, 0.2) is 0 Å². The van der Waals surface area contributed by atoms with E-state index in [0.717, 1.165) is 0 Å². The maximum Gasteiger partial charge on any atom is -0.0227 e. The first-order chi connectivity index (χ1) is 5.81. The van der Waals surface area contributed by atoms with Crippen LogP contribution in [0.25, 0.3) is 0 Å². The first-order valence-electron chi connectivity index (χ1n) is 5.22. The van der Waals surface area contributed by atoms with Crippen LogP contribution in [0.3, 0.4) is 0 Å². The van der Waals surface area contributed by atoms with Crippen molar-refractivity contribution in [3.8, 4) is 0 Å². The minimum Gasteiger partial charge on any atom is -0.0654 e. The highest BCUT2D eigenvalue weighted by atomic mass is 79.9. The Morgan fingerprint density at radius 1 is 0.833 bits per heavy atom. The summed E-state index contributed by atoms with van der Waals surface area (Å²) < 4.78 is 0. The van der Waals surface area contributed by atoms with Gasteiger partial charge in [0.25, 0.3) is 0 Å². The van der Waals surface area contributed by atoms with Crippen LogP contribution in [0.15, 0.2) is 0 Å². The molecule has 2 heteroatoms. The van der Waals surface area contributed by atoms with Crippen LogP contribution < -0.4 is 0 Å². The molecule has 0 aliphatic heterocycles. The fourth-order valence-corrected chi connectivity index (χ4v) is 4.33. The van der Waals surface area contributed by atoms with Crippen molar-refractivity contribution in [1.29, 1.82) is 0 Å². The SMILES string of the molecule is CCCCCCCP(Br)CCC. The van der Waals surface area contributed by atoms with Crippen molar-refractivity contribution in [3.63, 3.8) is 0 Å². The Morgan fingerprint density at radius 3 is 2.08 bits per heavy atom. The Kier molecular flexibility index (Phi) is 10.8. The molecule has 0 aromatic heterocycles. The second-order valence-corrected chi connectivity index (χ2v) is 8.15. The molecule has 0 aromatic rings. The van der Waals surface area contributed by atoms with Crippen molar-refractivity contribution in [2.45, 2.75) is 52.4 Å². The largest absolute Gasteiger partial charge is 0.0654 e. The van der Waals surface area contributed by atoms with Gasteiger partial charge >= 0.3 is 0 Å². The van der Waals surface area contributed by atoms with Crippen LogP contribution >= 0.6 is 22.1 Å². The summed E-state index contributed by atoms with van der Waals surface area (Å²) in [6.45, 7) is 4.75. The summed E-state index contributed by atoms with van der Waals surface area (Å²) in [4.78, 5) is 0. The molecule has 0 aromatic carbocycles. The van der Waals surface area contributed by atoms with Gasteiger partial charge in [0.2, 0.25) is 0 Å². The minimum atomic E-state index is 0.211. The molecule has 0 saturated heterocycles. The van der Waals surface area contributed by atoms with Gasteiger partial charge in [-0.05, 0) is 25.4 Å². The normalized spacial score (nSPS) is 13.2. The monoisotopic (exact) mass is 252 g/mol. The molecule has 12 heavy (non-hydrogen) atoms. The molecule has 0 rings (SSSR count). The van der Waals surface area contributed by atoms with E-state index in [1.165, 1.54) is 50.8 Å². The zero-order valence-electron chi connectivity index (χ0n) is 8.48. The van der Waals surface area contributed by atoms with Crippen LogP contribution in [0.2, 0.25) is 0 Å². The van der Waals surface area contributed by atoms with Crippen molar-refractivity contribution in [3.05, 3.63) is 0 Å². The molecule has 0 aliphatic carbocycles. The van der Waals surface area contributed by atoms with E-state index in [1.54, 1.807) is 0 Å². The summed E-state index contributed by atoms with van der Waals surface area (Å²) in [5.74, 6) is 0. The third kappa shape index (κ3) is 9.00. The molecular formula is C10H22BrP. The fourth-order valence-electron chi connectivity index (χ4n) is 1.24. The molecule has 0 aliphatic rings. The van der Waals surface area contributed by atoms with Crippen LogP contribution in [0.5, 0.6) is 0 Å². The summed E-state index contributed by atoms with van der Waals surface area (Å²) in [5.41, 5.74) is 0. The average molecular weight is 253 g/mol. The van der Waals surface area contributed by atoms with Gasteiger partial charge in [-0.15, -0.1) is 0 Å². The number of unbranched alkanes of at least 4 members (excludes halogenated alkanes) is 4. The highest BCUT2D eigenvalue weighted by Crippen LogP contribution is 2.45.